The molecule has 6 atom stereocenters. The maximum atomic E-state index is 14.0. The highest BCUT2D eigenvalue weighted by atomic mass is 16.4. The first-order valence-corrected chi connectivity index (χ1v) is 19.7. The van der Waals surface area contributed by atoms with Crippen molar-refractivity contribution in [3.63, 3.8) is 0 Å². The molecule has 21 heteroatoms. The van der Waals surface area contributed by atoms with Gasteiger partial charge in [-0.3, -0.25) is 43.3 Å². The van der Waals surface area contributed by atoms with E-state index in [9.17, 15) is 48.6 Å². The van der Waals surface area contributed by atoms with Gasteiger partial charge in [0.2, 0.25) is 41.4 Å². The maximum Gasteiger partial charge on any atom is 0.305 e. The molecule has 0 aliphatic carbocycles. The van der Waals surface area contributed by atoms with Crippen molar-refractivity contribution in [2.45, 2.75) is 121 Å². The molecule has 1 aromatic carbocycles. The maximum absolute atomic E-state index is 14.0. The van der Waals surface area contributed by atoms with Crippen LogP contribution in [0.5, 0.6) is 5.75 Å². The third-order valence-electron chi connectivity index (χ3n) is 9.51. The molecule has 0 radical (unpaired) electrons. The first-order valence-electron chi connectivity index (χ1n) is 19.7. The second kappa shape index (κ2) is 24.7. The van der Waals surface area contributed by atoms with Crippen LogP contribution < -0.4 is 49.5 Å². The molecule has 1 heterocycles. The van der Waals surface area contributed by atoms with Crippen molar-refractivity contribution in [1.82, 2.24) is 31.5 Å². The zero-order valence-corrected chi connectivity index (χ0v) is 33.9. The number of nitrogens with zero attached hydrogens (tertiary/aromatic N) is 2. The molecule has 1 aliphatic heterocycles. The van der Waals surface area contributed by atoms with Gasteiger partial charge in [-0.05, 0) is 81.5 Å². The number of amides is 7. The molecule has 1 aromatic rings. The molecule has 21 nitrogen and oxygen atoms in total. The molecule has 0 unspecified atom stereocenters. The quantitative estimate of drug-likeness (QED) is 0.0278. The van der Waals surface area contributed by atoms with Crippen molar-refractivity contribution in [2.24, 2.45) is 33.8 Å². The monoisotopic (exact) mass is 831 g/mol. The predicted octanol–water partition coefficient (Wildman–Crippen LogP) is -2.44. The number of phenolic OH excluding ortho intramolecular Hbond substituents is 1. The van der Waals surface area contributed by atoms with Crippen molar-refractivity contribution in [3.8, 4) is 5.75 Å². The van der Waals surface area contributed by atoms with E-state index in [1.54, 1.807) is 13.8 Å². The lowest BCUT2D eigenvalue weighted by Gasteiger charge is -2.28. The summed E-state index contributed by atoms with van der Waals surface area (Å²) in [7, 11) is 0. The van der Waals surface area contributed by atoms with Crippen molar-refractivity contribution < 1.29 is 48.6 Å². The van der Waals surface area contributed by atoms with Gasteiger partial charge in [-0.25, -0.2) is 0 Å². The van der Waals surface area contributed by atoms with E-state index in [4.69, 9.17) is 22.9 Å². The van der Waals surface area contributed by atoms with Crippen LogP contribution in [-0.2, 0) is 44.8 Å². The van der Waals surface area contributed by atoms with Gasteiger partial charge in [-0.15, -0.1) is 0 Å². The Labute approximate surface area is 343 Å². The third-order valence-corrected chi connectivity index (χ3v) is 9.51. The fraction of sp³-hybridized carbons (Fsp3) is 0.605. The van der Waals surface area contributed by atoms with E-state index in [2.05, 4.69) is 31.6 Å². The van der Waals surface area contributed by atoms with Gasteiger partial charge in [0.1, 0.15) is 42.0 Å². The van der Waals surface area contributed by atoms with E-state index in [0.29, 0.717) is 44.3 Å². The van der Waals surface area contributed by atoms with Gasteiger partial charge in [0.15, 0.2) is 5.96 Å². The van der Waals surface area contributed by atoms with Crippen LogP contribution in [0.3, 0.4) is 0 Å². The Hall–Kier alpha value is -5.99. The van der Waals surface area contributed by atoms with Crippen molar-refractivity contribution in [3.05, 3.63) is 29.8 Å². The average molecular weight is 832 g/mol. The molecule has 2 rings (SSSR count). The van der Waals surface area contributed by atoms with Gasteiger partial charge < -0.3 is 64.6 Å². The Morgan fingerprint density at radius 3 is 1.88 bits per heavy atom. The summed E-state index contributed by atoms with van der Waals surface area (Å²) in [5, 5.41) is 32.0. The number of likely N-dealkylation sites (tertiary alicyclic amines) is 1. The number of phenols is 1. The number of rotatable bonds is 25. The molecule has 328 valence electrons. The highest BCUT2D eigenvalue weighted by molar-refractivity contribution is 5.97. The summed E-state index contributed by atoms with van der Waals surface area (Å²) < 4.78 is 0. The largest absolute Gasteiger partial charge is 0.508 e. The lowest BCUT2D eigenvalue weighted by atomic mass is 9.99. The minimum absolute atomic E-state index is 0.0602. The molecular weight excluding hydrogens is 770 g/mol. The van der Waals surface area contributed by atoms with E-state index in [1.165, 1.54) is 36.1 Å². The fourth-order valence-corrected chi connectivity index (χ4v) is 6.48. The Balaban J connectivity index is 2.38. The zero-order chi connectivity index (χ0) is 44.2. The minimum Gasteiger partial charge on any atom is -0.508 e. The fourth-order valence-electron chi connectivity index (χ4n) is 6.48. The summed E-state index contributed by atoms with van der Waals surface area (Å²) in [5.74, 6) is -6.92. The molecule has 1 fully saturated rings. The summed E-state index contributed by atoms with van der Waals surface area (Å²) in [5.41, 5.74) is 22.4. The number of carbonyl (C=O) groups excluding carboxylic acids is 7. The Morgan fingerprint density at radius 2 is 1.32 bits per heavy atom. The number of guanidine groups is 1. The number of carboxylic acid groups (broad SMARTS) is 1. The van der Waals surface area contributed by atoms with Crippen LogP contribution in [0.1, 0.15) is 84.1 Å². The molecule has 1 saturated heterocycles. The van der Waals surface area contributed by atoms with Gasteiger partial charge >= 0.3 is 5.97 Å². The van der Waals surface area contributed by atoms with Crippen molar-refractivity contribution in [1.29, 1.82) is 0 Å². The summed E-state index contributed by atoms with van der Waals surface area (Å²) in [6.07, 6.45) is 1.45. The van der Waals surface area contributed by atoms with Crippen LogP contribution in [0.2, 0.25) is 0 Å². The predicted molar refractivity (Wildman–Crippen MR) is 216 cm³/mol. The van der Waals surface area contributed by atoms with Crippen molar-refractivity contribution in [2.75, 3.05) is 19.6 Å². The van der Waals surface area contributed by atoms with Gasteiger partial charge in [0.25, 0.3) is 0 Å². The first kappa shape index (κ1) is 49.2. The third kappa shape index (κ3) is 17.6. The standard InChI is InChI=1S/C38H61N11O10/c1-21(2)18-28(35(57)48-29(19-23-11-13-24(51)14-12-23)36(58)46-27(32(40)54)20-31(52)53)47-34(56)25(8-4-5-15-39)44-33(55)26(9-6-16-43-38(41)42)45-37(59)30-10-7-17-49(30)22(3)50/h11-14,21,25-30,51H,4-10,15-20,39H2,1-3H3,(H2,40,54)(H,44,55)(H,45,59)(H,46,58)(H,47,56)(H,48,57)(H,52,53)(H4,41,42,43)/t25-,26-,27-,28-,29-,30-/m0/s1. The van der Waals surface area contributed by atoms with Crippen LogP contribution in [0.4, 0.5) is 0 Å². The van der Waals surface area contributed by atoms with E-state index >= 15 is 0 Å². The number of nitrogens with one attached hydrogen (secondary N) is 5. The number of primary amides is 1. The van der Waals surface area contributed by atoms with E-state index in [1.807, 2.05) is 0 Å². The van der Waals surface area contributed by atoms with Gasteiger partial charge in [0, 0.05) is 26.4 Å². The van der Waals surface area contributed by atoms with Gasteiger partial charge in [-0.1, -0.05) is 26.0 Å². The number of carbonyl (C=O) groups is 8. The summed E-state index contributed by atoms with van der Waals surface area (Å²) in [4.78, 5) is 110. The molecule has 7 amide bonds. The Kier molecular flexibility index (Phi) is 20.6. The smallest absolute Gasteiger partial charge is 0.305 e. The summed E-state index contributed by atoms with van der Waals surface area (Å²) in [6.45, 7) is 5.78. The van der Waals surface area contributed by atoms with E-state index in [0.717, 1.165) is 0 Å². The Bertz CT molecular complexity index is 1650. The molecule has 1 aliphatic rings. The molecule has 15 N–H and O–H groups in total. The molecule has 0 spiro atoms. The van der Waals surface area contributed by atoms with Crippen LogP contribution in [0.15, 0.2) is 29.3 Å². The second-order valence-electron chi connectivity index (χ2n) is 14.9. The zero-order valence-electron chi connectivity index (χ0n) is 33.9. The van der Waals surface area contributed by atoms with Crippen molar-refractivity contribution >= 4 is 53.3 Å². The molecular formula is C38H61N11O10. The van der Waals surface area contributed by atoms with Crippen LogP contribution >= 0.6 is 0 Å². The number of benzene rings is 1. The lowest BCUT2D eigenvalue weighted by molar-refractivity contribution is -0.140. The van der Waals surface area contributed by atoms with Crippen LogP contribution in [0.25, 0.3) is 0 Å². The van der Waals surface area contributed by atoms with Gasteiger partial charge in [0.05, 0.1) is 6.42 Å². The highest BCUT2D eigenvalue weighted by Crippen LogP contribution is 2.18. The van der Waals surface area contributed by atoms with Gasteiger partial charge in [-0.2, -0.15) is 0 Å². The number of hydrogen-bond donors (Lipinski definition) is 11. The van der Waals surface area contributed by atoms with E-state index in [-0.39, 0.29) is 62.2 Å². The number of aliphatic carboxylic acids is 1. The van der Waals surface area contributed by atoms with Crippen LogP contribution in [-0.4, -0.2) is 124 Å². The minimum atomic E-state index is -1.60. The van der Waals surface area contributed by atoms with Crippen LogP contribution in [0, 0.1) is 5.92 Å². The summed E-state index contributed by atoms with van der Waals surface area (Å²) >= 11 is 0. The molecule has 0 aromatic heterocycles. The second-order valence-corrected chi connectivity index (χ2v) is 14.9. The first-order chi connectivity index (χ1) is 27.8. The molecule has 59 heavy (non-hydrogen) atoms. The number of unbranched alkanes of at least 4 members (excludes halogenated alkanes) is 1. The number of nitrogens with two attached hydrogens (primary N) is 4. The number of hydrogen-bond acceptors (Lipinski definition) is 11. The highest BCUT2D eigenvalue weighted by Gasteiger charge is 2.36. The lowest BCUT2D eigenvalue weighted by Crippen LogP contribution is -2.60. The Morgan fingerprint density at radius 1 is 0.780 bits per heavy atom. The number of aliphatic imine (C=N–C) groups is 1. The molecule has 0 bridgehead atoms. The normalized spacial score (nSPS) is 16.1. The SMILES string of the molecule is CC(=O)N1CCC[C@H]1C(=O)N[C@@H](CCCN=C(N)N)C(=O)N[C@@H](CCCCN)C(=O)N[C@@H](CC(C)C)C(=O)N[C@@H](Cc1ccc(O)cc1)C(=O)N[C@@H](CC(=O)O)C(N)=O. The topological polar surface area (TPSA) is 357 Å². The summed E-state index contributed by atoms with van der Waals surface area (Å²) in [6, 6.07) is -1.70. The van der Waals surface area contributed by atoms with E-state index < -0.39 is 84.1 Å². The number of aromatic hydroxyl groups is 1. The average Bonchev–Trinajstić information content (AvgIpc) is 3.66. The number of carboxylic acids is 1. The molecule has 0 saturated carbocycles.